The normalized spacial score (nSPS) is 14.3. The minimum atomic E-state index is -0.309. The summed E-state index contributed by atoms with van der Waals surface area (Å²) in [6.07, 6.45) is 1.79. The van der Waals surface area contributed by atoms with Gasteiger partial charge in [-0.3, -0.25) is 19.1 Å². The minimum absolute atomic E-state index is 0.0873. The van der Waals surface area contributed by atoms with E-state index in [0.29, 0.717) is 38.5 Å². The van der Waals surface area contributed by atoms with E-state index in [4.69, 9.17) is 4.74 Å². The van der Waals surface area contributed by atoms with Crippen molar-refractivity contribution in [2.45, 2.75) is 52.2 Å². The zero-order chi connectivity index (χ0) is 24.5. The van der Waals surface area contributed by atoms with Gasteiger partial charge < -0.3 is 19.9 Å². The van der Waals surface area contributed by atoms with E-state index in [2.05, 4.69) is 10.4 Å². The van der Waals surface area contributed by atoms with Crippen molar-refractivity contribution in [3.63, 3.8) is 0 Å². The molecule has 34 heavy (non-hydrogen) atoms. The first-order chi connectivity index (χ1) is 16.4. The van der Waals surface area contributed by atoms with Gasteiger partial charge in [-0.25, -0.2) is 0 Å². The third-order valence-electron chi connectivity index (χ3n) is 6.00. The van der Waals surface area contributed by atoms with Gasteiger partial charge in [0.1, 0.15) is 5.69 Å². The topological polar surface area (TPSA) is 96.8 Å². The number of hydrogen-bond donors (Lipinski definition) is 1. The van der Waals surface area contributed by atoms with Crippen LogP contribution in [0.25, 0.3) is 0 Å². The highest BCUT2D eigenvalue weighted by Gasteiger charge is 2.28. The second-order valence-corrected chi connectivity index (χ2v) is 8.62. The molecule has 1 unspecified atom stereocenters. The lowest BCUT2D eigenvalue weighted by Gasteiger charge is -2.22. The average Bonchev–Trinajstić information content (AvgIpc) is 3.21. The van der Waals surface area contributed by atoms with Crippen LogP contribution in [0.15, 0.2) is 36.4 Å². The molecule has 9 nitrogen and oxygen atoms in total. The Bertz CT molecular complexity index is 975. The average molecular weight is 470 g/mol. The van der Waals surface area contributed by atoms with Gasteiger partial charge in [0.25, 0.3) is 11.8 Å². The monoisotopic (exact) mass is 469 g/mol. The summed E-state index contributed by atoms with van der Waals surface area (Å²) in [7, 11) is 1.57. The molecule has 0 fully saturated rings. The van der Waals surface area contributed by atoms with Gasteiger partial charge in [0, 0.05) is 58.4 Å². The molecule has 184 valence electrons. The number of benzene rings is 1. The number of carbonyl (C=O) groups excluding carboxylic acids is 3. The summed E-state index contributed by atoms with van der Waals surface area (Å²) >= 11 is 0. The number of methoxy groups -OCH3 is 1. The Morgan fingerprint density at radius 3 is 2.68 bits per heavy atom. The summed E-state index contributed by atoms with van der Waals surface area (Å²) in [6.45, 7) is 6.59. The van der Waals surface area contributed by atoms with Crippen molar-refractivity contribution in [3.05, 3.63) is 53.3 Å². The zero-order valence-corrected chi connectivity index (χ0v) is 20.3. The van der Waals surface area contributed by atoms with Crippen molar-refractivity contribution in [2.24, 2.45) is 0 Å². The lowest BCUT2D eigenvalue weighted by molar-refractivity contribution is -0.121. The van der Waals surface area contributed by atoms with Crippen LogP contribution in [-0.4, -0.2) is 76.7 Å². The molecule has 1 aliphatic rings. The molecular formula is C25H35N5O4. The molecule has 3 amide bonds. The maximum atomic E-state index is 13.3. The van der Waals surface area contributed by atoms with Gasteiger partial charge in [0.15, 0.2) is 5.69 Å². The maximum absolute atomic E-state index is 13.3. The molecular weight excluding hydrogens is 434 g/mol. The fourth-order valence-electron chi connectivity index (χ4n) is 3.86. The lowest BCUT2D eigenvalue weighted by Crippen LogP contribution is -2.39. The Morgan fingerprint density at radius 2 is 1.97 bits per heavy atom. The molecule has 3 rings (SSSR count). The number of ether oxygens (including phenoxy) is 1. The van der Waals surface area contributed by atoms with Crippen molar-refractivity contribution in [1.29, 1.82) is 0 Å². The van der Waals surface area contributed by atoms with Gasteiger partial charge in [-0.1, -0.05) is 37.3 Å². The van der Waals surface area contributed by atoms with Crippen LogP contribution in [0.2, 0.25) is 0 Å². The molecule has 1 atom stereocenters. The summed E-state index contributed by atoms with van der Waals surface area (Å²) in [5.41, 5.74) is 1.68. The molecule has 2 heterocycles. The number of fused-ring (bicyclic) bond motifs is 1. The van der Waals surface area contributed by atoms with Gasteiger partial charge in [-0.15, -0.1) is 0 Å². The summed E-state index contributed by atoms with van der Waals surface area (Å²) in [5.74, 6) is -0.544. The molecule has 2 aromatic rings. The number of rotatable bonds is 11. The first kappa shape index (κ1) is 25.4. The van der Waals surface area contributed by atoms with Gasteiger partial charge in [0.2, 0.25) is 5.91 Å². The van der Waals surface area contributed by atoms with E-state index in [0.717, 1.165) is 18.4 Å². The van der Waals surface area contributed by atoms with Crippen LogP contribution in [0.5, 0.6) is 0 Å². The Morgan fingerprint density at radius 1 is 1.21 bits per heavy atom. The molecule has 1 aromatic carbocycles. The van der Waals surface area contributed by atoms with Gasteiger partial charge in [-0.2, -0.15) is 5.10 Å². The fourth-order valence-corrected chi connectivity index (χ4v) is 3.86. The Balaban J connectivity index is 1.72. The van der Waals surface area contributed by atoms with Crippen molar-refractivity contribution in [2.75, 3.05) is 33.4 Å². The van der Waals surface area contributed by atoms with Crippen LogP contribution in [0, 0.1) is 0 Å². The smallest absolute Gasteiger partial charge is 0.274 e. The standard InChI is InChI=1S/C25H35N5O4/c1-4-19(2)26-23(31)11-14-28(15-16-34-3)24(32)21-17-22-25(33)29(12-8-13-30(22)27-21)18-20-9-6-5-7-10-20/h5-7,9-10,17,19H,4,8,11-16,18H2,1-3H3,(H,26,31). The molecule has 1 N–H and O–H groups in total. The zero-order valence-electron chi connectivity index (χ0n) is 20.3. The summed E-state index contributed by atoms with van der Waals surface area (Å²) < 4.78 is 6.78. The highest BCUT2D eigenvalue weighted by molar-refractivity contribution is 5.98. The summed E-state index contributed by atoms with van der Waals surface area (Å²) in [6, 6.07) is 11.5. The molecule has 0 radical (unpaired) electrons. The van der Waals surface area contributed by atoms with Gasteiger partial charge in [-0.05, 0) is 25.3 Å². The predicted molar refractivity (Wildman–Crippen MR) is 128 cm³/mol. The Hall–Kier alpha value is -3.20. The van der Waals surface area contributed by atoms with Crippen LogP contribution in [0.4, 0.5) is 0 Å². The van der Waals surface area contributed by atoms with Crippen LogP contribution >= 0.6 is 0 Å². The van der Waals surface area contributed by atoms with Crippen LogP contribution in [-0.2, 0) is 22.6 Å². The maximum Gasteiger partial charge on any atom is 0.274 e. The third kappa shape index (κ3) is 6.66. The largest absolute Gasteiger partial charge is 0.383 e. The Kier molecular flexibility index (Phi) is 9.21. The summed E-state index contributed by atoms with van der Waals surface area (Å²) in [4.78, 5) is 42.1. The van der Waals surface area contributed by atoms with Gasteiger partial charge >= 0.3 is 0 Å². The third-order valence-corrected chi connectivity index (χ3v) is 6.00. The number of aryl methyl sites for hydroxylation is 1. The highest BCUT2D eigenvalue weighted by atomic mass is 16.5. The molecule has 0 spiro atoms. The van der Waals surface area contributed by atoms with Crippen molar-refractivity contribution >= 4 is 17.7 Å². The first-order valence-electron chi connectivity index (χ1n) is 11.9. The van der Waals surface area contributed by atoms with E-state index in [-0.39, 0.29) is 42.4 Å². The summed E-state index contributed by atoms with van der Waals surface area (Å²) in [5, 5.41) is 7.38. The molecule has 0 saturated heterocycles. The molecule has 1 aromatic heterocycles. The number of aromatic nitrogens is 2. The number of carbonyl (C=O) groups is 3. The lowest BCUT2D eigenvalue weighted by atomic mass is 10.2. The highest BCUT2D eigenvalue weighted by Crippen LogP contribution is 2.17. The molecule has 9 heteroatoms. The molecule has 0 aliphatic carbocycles. The van der Waals surface area contributed by atoms with E-state index in [1.807, 2.05) is 44.2 Å². The molecule has 0 bridgehead atoms. The van der Waals surface area contributed by atoms with Crippen molar-refractivity contribution < 1.29 is 19.1 Å². The van der Waals surface area contributed by atoms with Crippen LogP contribution < -0.4 is 5.32 Å². The Labute approximate surface area is 201 Å². The first-order valence-corrected chi connectivity index (χ1v) is 11.9. The van der Waals surface area contributed by atoms with E-state index in [1.54, 1.807) is 27.7 Å². The quantitative estimate of drug-likeness (QED) is 0.545. The van der Waals surface area contributed by atoms with Crippen LogP contribution in [0.1, 0.15) is 59.7 Å². The van der Waals surface area contributed by atoms with Crippen LogP contribution in [0.3, 0.4) is 0 Å². The van der Waals surface area contributed by atoms with E-state index < -0.39 is 0 Å². The van der Waals surface area contributed by atoms with E-state index in [9.17, 15) is 14.4 Å². The molecule has 0 saturated carbocycles. The van der Waals surface area contributed by atoms with E-state index in [1.165, 1.54) is 0 Å². The predicted octanol–water partition coefficient (Wildman–Crippen LogP) is 2.32. The second-order valence-electron chi connectivity index (χ2n) is 8.62. The number of amides is 3. The number of nitrogens with zero attached hydrogens (tertiary/aromatic N) is 4. The minimum Gasteiger partial charge on any atom is -0.383 e. The number of nitrogens with one attached hydrogen (secondary N) is 1. The molecule has 1 aliphatic heterocycles. The van der Waals surface area contributed by atoms with Crippen molar-refractivity contribution in [3.8, 4) is 0 Å². The van der Waals surface area contributed by atoms with E-state index >= 15 is 0 Å². The second kappa shape index (κ2) is 12.3. The van der Waals surface area contributed by atoms with Gasteiger partial charge in [0.05, 0.1) is 6.61 Å². The number of hydrogen-bond acceptors (Lipinski definition) is 5. The SMILES string of the molecule is CCC(C)NC(=O)CCN(CCOC)C(=O)c1cc2n(n1)CCCN(Cc1ccccc1)C2=O. The van der Waals surface area contributed by atoms with Crippen molar-refractivity contribution in [1.82, 2.24) is 24.9 Å². The fraction of sp³-hybridized carbons (Fsp3) is 0.520.